The minimum atomic E-state index is -0.986. The maximum Gasteiger partial charge on any atom is 0.309 e. The fourth-order valence-electron chi connectivity index (χ4n) is 2.49. The lowest BCUT2D eigenvalue weighted by Crippen LogP contribution is -2.38. The number of hydrogen-bond donors (Lipinski definition) is 1. The van der Waals surface area contributed by atoms with Gasteiger partial charge in [-0.15, -0.1) is 0 Å². The summed E-state index contributed by atoms with van der Waals surface area (Å²) in [4.78, 5) is 11.0. The van der Waals surface area contributed by atoms with E-state index in [0.717, 1.165) is 0 Å². The second-order valence-corrected chi connectivity index (χ2v) is 3.94. The fraction of sp³-hybridized carbons (Fsp3) is 0.667. The third-order valence-corrected chi connectivity index (χ3v) is 3.18. The van der Waals surface area contributed by atoms with Gasteiger partial charge < -0.3 is 14.6 Å². The van der Waals surface area contributed by atoms with E-state index in [0.29, 0.717) is 6.42 Å². The maximum atomic E-state index is 11.0. The minimum absolute atomic E-state index is 0.0640. The van der Waals surface area contributed by atoms with Crippen molar-refractivity contribution in [2.45, 2.75) is 31.3 Å². The number of fused-ring (bicyclic) bond motifs is 3. The lowest BCUT2D eigenvalue weighted by molar-refractivity contribution is -0.163. The third kappa shape index (κ3) is 0.796. The molecule has 0 aliphatic carbocycles. The first-order valence-corrected chi connectivity index (χ1v) is 4.42. The number of cyclic esters (lactones) is 1. The van der Waals surface area contributed by atoms with Crippen molar-refractivity contribution in [2.75, 3.05) is 0 Å². The molecule has 0 aromatic carbocycles. The number of carbonyl (C=O) groups is 1. The van der Waals surface area contributed by atoms with Gasteiger partial charge in [0, 0.05) is 0 Å². The number of carbonyl (C=O) groups excluding carboxylic acids is 1. The lowest BCUT2D eigenvalue weighted by atomic mass is 9.75. The Morgan fingerprint density at radius 3 is 2.85 bits per heavy atom. The van der Waals surface area contributed by atoms with E-state index < -0.39 is 11.7 Å². The Morgan fingerprint density at radius 1 is 1.54 bits per heavy atom. The van der Waals surface area contributed by atoms with E-state index >= 15 is 0 Å². The second kappa shape index (κ2) is 2.13. The van der Waals surface area contributed by atoms with Crippen LogP contribution in [0.15, 0.2) is 12.2 Å². The fourth-order valence-corrected chi connectivity index (χ4v) is 2.49. The molecule has 0 aromatic rings. The predicted molar refractivity (Wildman–Crippen MR) is 41.6 cm³/mol. The molecule has 4 unspecified atom stereocenters. The van der Waals surface area contributed by atoms with E-state index in [1.807, 2.05) is 12.2 Å². The van der Waals surface area contributed by atoms with Crippen LogP contribution in [0, 0.1) is 5.41 Å². The highest BCUT2D eigenvalue weighted by Crippen LogP contribution is 2.52. The van der Waals surface area contributed by atoms with Gasteiger partial charge in [-0.1, -0.05) is 12.2 Å². The van der Waals surface area contributed by atoms with Crippen LogP contribution in [-0.4, -0.2) is 29.6 Å². The molecule has 4 heteroatoms. The molecule has 3 rings (SSSR count). The van der Waals surface area contributed by atoms with Gasteiger partial charge in [0.05, 0.1) is 24.0 Å². The van der Waals surface area contributed by atoms with Crippen LogP contribution < -0.4 is 0 Å². The third-order valence-electron chi connectivity index (χ3n) is 3.18. The zero-order valence-electron chi connectivity index (χ0n) is 6.97. The molecule has 0 aromatic heterocycles. The molecule has 0 saturated carbocycles. The van der Waals surface area contributed by atoms with E-state index in [2.05, 4.69) is 0 Å². The van der Waals surface area contributed by atoms with Gasteiger partial charge in [-0.25, -0.2) is 0 Å². The average molecular weight is 182 g/mol. The Bertz CT molecular complexity index is 298. The molecule has 0 radical (unpaired) electrons. The molecule has 0 amide bonds. The maximum absolute atomic E-state index is 11.0. The van der Waals surface area contributed by atoms with Gasteiger partial charge in [0.1, 0.15) is 0 Å². The van der Waals surface area contributed by atoms with Crippen molar-refractivity contribution in [3.63, 3.8) is 0 Å². The molecule has 70 valence electrons. The molecule has 2 fully saturated rings. The molecule has 4 atom stereocenters. The van der Waals surface area contributed by atoms with Gasteiger partial charge in [0.15, 0.2) is 0 Å². The molecular weight excluding hydrogens is 172 g/mol. The number of esters is 1. The first-order valence-electron chi connectivity index (χ1n) is 4.42. The van der Waals surface area contributed by atoms with Crippen LogP contribution in [0.25, 0.3) is 0 Å². The Kier molecular flexibility index (Phi) is 1.24. The summed E-state index contributed by atoms with van der Waals surface area (Å²) in [5.74, 6) is -0.322. The largest absolute Gasteiger partial charge is 0.435 e. The van der Waals surface area contributed by atoms with Crippen molar-refractivity contribution in [3.8, 4) is 0 Å². The summed E-state index contributed by atoms with van der Waals surface area (Å²) in [5, 5.41) is 9.62. The van der Waals surface area contributed by atoms with Crippen LogP contribution in [-0.2, 0) is 14.3 Å². The predicted octanol–water partition coefficient (Wildman–Crippen LogP) is -0.0346. The van der Waals surface area contributed by atoms with Crippen molar-refractivity contribution in [3.05, 3.63) is 12.2 Å². The molecule has 3 aliphatic rings. The number of aliphatic hydroxyl groups excluding tert-OH is 1. The van der Waals surface area contributed by atoms with Gasteiger partial charge in [0.25, 0.3) is 0 Å². The highest BCUT2D eigenvalue weighted by atomic mass is 16.6. The monoisotopic (exact) mass is 182 g/mol. The molecule has 4 nitrogen and oxygen atoms in total. The Labute approximate surface area is 75.1 Å². The summed E-state index contributed by atoms with van der Waals surface area (Å²) >= 11 is 0. The van der Waals surface area contributed by atoms with Crippen LogP contribution >= 0.6 is 0 Å². The van der Waals surface area contributed by atoms with Crippen LogP contribution in [0.5, 0.6) is 0 Å². The topological polar surface area (TPSA) is 55.8 Å². The Morgan fingerprint density at radius 2 is 2.38 bits per heavy atom. The molecule has 2 bridgehead atoms. The van der Waals surface area contributed by atoms with E-state index in [1.54, 1.807) is 0 Å². The summed E-state index contributed by atoms with van der Waals surface area (Å²) in [7, 11) is 0. The molecule has 1 N–H and O–H groups in total. The first-order chi connectivity index (χ1) is 6.21. The van der Waals surface area contributed by atoms with Gasteiger partial charge in [-0.3, -0.25) is 4.79 Å². The van der Waals surface area contributed by atoms with Gasteiger partial charge >= 0.3 is 5.97 Å². The minimum Gasteiger partial charge on any atom is -0.435 e. The van der Waals surface area contributed by atoms with Crippen LogP contribution in [0.1, 0.15) is 12.8 Å². The number of aliphatic hydroxyl groups is 1. The second-order valence-electron chi connectivity index (χ2n) is 3.94. The number of rotatable bonds is 0. The van der Waals surface area contributed by atoms with E-state index in [9.17, 15) is 9.90 Å². The smallest absolute Gasteiger partial charge is 0.309 e. The Balaban J connectivity index is 1.98. The summed E-state index contributed by atoms with van der Waals surface area (Å²) in [6.07, 6.45) is 3.80. The summed E-state index contributed by atoms with van der Waals surface area (Å²) in [6.45, 7) is 0. The summed E-state index contributed by atoms with van der Waals surface area (Å²) in [5.41, 5.74) is -0.490. The first kappa shape index (κ1) is 7.53. The number of ether oxygens (including phenoxy) is 2. The van der Waals surface area contributed by atoms with Crippen molar-refractivity contribution < 1.29 is 19.4 Å². The van der Waals surface area contributed by atoms with Crippen LogP contribution in [0.4, 0.5) is 0 Å². The number of hydrogen-bond acceptors (Lipinski definition) is 4. The van der Waals surface area contributed by atoms with E-state index in [-0.39, 0.29) is 24.6 Å². The van der Waals surface area contributed by atoms with E-state index in [1.165, 1.54) is 0 Å². The summed E-state index contributed by atoms with van der Waals surface area (Å²) in [6, 6.07) is 0. The molecule has 13 heavy (non-hydrogen) atoms. The van der Waals surface area contributed by atoms with Crippen LogP contribution in [0.3, 0.4) is 0 Å². The zero-order valence-corrected chi connectivity index (χ0v) is 6.97. The zero-order chi connectivity index (χ0) is 9.05. The van der Waals surface area contributed by atoms with Crippen LogP contribution in [0.2, 0.25) is 0 Å². The molecule has 3 aliphatic heterocycles. The van der Waals surface area contributed by atoms with Gasteiger partial charge in [-0.05, 0) is 6.42 Å². The highest BCUT2D eigenvalue weighted by Gasteiger charge is 2.60. The quantitative estimate of drug-likeness (QED) is 0.422. The SMILES string of the molecule is O=C1CC2(CC3C=CC2O3)C(O)O1. The van der Waals surface area contributed by atoms with Crippen molar-refractivity contribution in [1.29, 1.82) is 0 Å². The lowest BCUT2D eigenvalue weighted by Gasteiger charge is -2.28. The molecule has 2 saturated heterocycles. The van der Waals surface area contributed by atoms with Gasteiger partial charge in [-0.2, -0.15) is 0 Å². The van der Waals surface area contributed by atoms with Crippen molar-refractivity contribution in [2.24, 2.45) is 5.41 Å². The van der Waals surface area contributed by atoms with Crippen molar-refractivity contribution >= 4 is 5.97 Å². The standard InChI is InChI=1S/C9H10O4/c10-7-4-9(8(11)13-7)3-5-1-2-6(9)12-5/h1-2,5-6,8,11H,3-4H2. The molecular formula is C9H10O4. The van der Waals surface area contributed by atoms with Gasteiger partial charge in [0.2, 0.25) is 6.29 Å². The summed E-state index contributed by atoms with van der Waals surface area (Å²) < 4.78 is 10.3. The Hall–Kier alpha value is -0.870. The van der Waals surface area contributed by atoms with Crippen molar-refractivity contribution in [1.82, 2.24) is 0 Å². The normalized spacial score (nSPS) is 52.1. The van der Waals surface area contributed by atoms with E-state index in [4.69, 9.17) is 9.47 Å². The molecule has 3 heterocycles. The average Bonchev–Trinajstić information content (AvgIpc) is 2.68. The highest BCUT2D eigenvalue weighted by molar-refractivity contribution is 5.73. The molecule has 1 spiro atoms.